The Morgan fingerprint density at radius 2 is 1.74 bits per heavy atom. The quantitative estimate of drug-likeness (QED) is 0.442. The van der Waals surface area contributed by atoms with Crippen molar-refractivity contribution in [1.82, 2.24) is 4.90 Å². The zero-order valence-corrected chi connectivity index (χ0v) is 19.6. The molecule has 0 saturated heterocycles. The summed E-state index contributed by atoms with van der Waals surface area (Å²) in [5.41, 5.74) is 3.89. The molecule has 0 aliphatic carbocycles. The largest absolute Gasteiger partial charge is 0.482 e. The molecule has 6 heteroatoms. The zero-order valence-electron chi connectivity index (χ0n) is 19.6. The topological polar surface area (TPSA) is 67.9 Å². The van der Waals surface area contributed by atoms with Crippen LogP contribution in [0.25, 0.3) is 0 Å². The number of nitrogens with one attached hydrogen (secondary N) is 1. The maximum Gasteiger partial charge on any atom is 0.307 e. The van der Waals surface area contributed by atoms with Crippen LogP contribution in [0.4, 0.5) is 5.69 Å². The molecular weight excluding hydrogens is 428 g/mol. The Kier molecular flexibility index (Phi) is 7.60. The first-order chi connectivity index (χ1) is 16.5. The molecule has 34 heavy (non-hydrogen) atoms. The molecule has 1 amide bonds. The van der Waals surface area contributed by atoms with Crippen LogP contribution in [0.5, 0.6) is 5.75 Å². The van der Waals surface area contributed by atoms with Crippen molar-refractivity contribution in [2.45, 2.75) is 38.9 Å². The molecule has 2 atom stereocenters. The number of anilines is 1. The molecule has 1 heterocycles. The van der Waals surface area contributed by atoms with Crippen LogP contribution in [0.3, 0.4) is 0 Å². The lowest BCUT2D eigenvalue weighted by atomic mass is 9.96. The molecule has 0 spiro atoms. The van der Waals surface area contributed by atoms with Gasteiger partial charge in [-0.15, -0.1) is 0 Å². The van der Waals surface area contributed by atoms with Gasteiger partial charge in [-0.1, -0.05) is 66.7 Å². The third-order valence-electron chi connectivity index (χ3n) is 6.08. The number of fused-ring (bicyclic) bond motifs is 1. The summed E-state index contributed by atoms with van der Waals surface area (Å²) in [5.74, 6) is 0.183. The van der Waals surface area contributed by atoms with E-state index in [1.165, 1.54) is 0 Å². The number of hydrogen-bond acceptors (Lipinski definition) is 5. The summed E-state index contributed by atoms with van der Waals surface area (Å²) >= 11 is 0. The van der Waals surface area contributed by atoms with E-state index in [0.29, 0.717) is 24.6 Å². The molecule has 3 aromatic rings. The fourth-order valence-corrected chi connectivity index (χ4v) is 4.34. The summed E-state index contributed by atoms with van der Waals surface area (Å²) in [6, 6.07) is 26.0. The molecular formula is C28H30N2O4. The van der Waals surface area contributed by atoms with E-state index in [1.807, 2.05) is 61.5 Å². The minimum Gasteiger partial charge on any atom is -0.482 e. The van der Waals surface area contributed by atoms with Gasteiger partial charge in [0.05, 0.1) is 18.7 Å². The molecule has 1 aliphatic rings. The molecule has 176 valence electrons. The van der Waals surface area contributed by atoms with Gasteiger partial charge < -0.3 is 14.8 Å². The fraction of sp³-hybridized carbons (Fsp3) is 0.286. The van der Waals surface area contributed by atoms with Crippen molar-refractivity contribution in [3.05, 3.63) is 95.6 Å². The van der Waals surface area contributed by atoms with E-state index in [-0.39, 0.29) is 37.0 Å². The van der Waals surface area contributed by atoms with Crippen molar-refractivity contribution in [2.75, 3.05) is 18.5 Å². The number of carbonyl (C=O) groups is 2. The van der Waals surface area contributed by atoms with Gasteiger partial charge in [0.25, 0.3) is 5.91 Å². The van der Waals surface area contributed by atoms with E-state index in [9.17, 15) is 9.59 Å². The standard InChI is InChI=1S/C28H30N2O4/c1-3-33-28(32)17-25(23-14-15-24-26(16-23)34-19-27(31)29-24)30(18-21-10-6-4-7-11-21)20(2)22-12-8-5-9-13-22/h4-16,20,25H,3,17-19H2,1-2H3,(H,29,31)/t20?,25-/m0/s1. The van der Waals surface area contributed by atoms with Gasteiger partial charge >= 0.3 is 5.97 Å². The fourth-order valence-electron chi connectivity index (χ4n) is 4.34. The van der Waals surface area contributed by atoms with Gasteiger partial charge in [-0.3, -0.25) is 14.5 Å². The minimum absolute atomic E-state index is 0.0207. The van der Waals surface area contributed by atoms with E-state index in [2.05, 4.69) is 41.4 Å². The first kappa shape index (κ1) is 23.5. The number of amides is 1. The van der Waals surface area contributed by atoms with E-state index in [1.54, 1.807) is 0 Å². The lowest BCUT2D eigenvalue weighted by Gasteiger charge is -2.37. The number of rotatable bonds is 9. The third kappa shape index (κ3) is 5.64. The van der Waals surface area contributed by atoms with Gasteiger partial charge in [-0.2, -0.15) is 0 Å². The molecule has 0 fully saturated rings. The van der Waals surface area contributed by atoms with Crippen molar-refractivity contribution in [3.63, 3.8) is 0 Å². The smallest absolute Gasteiger partial charge is 0.307 e. The Morgan fingerprint density at radius 3 is 2.44 bits per heavy atom. The Hall–Kier alpha value is -3.64. The van der Waals surface area contributed by atoms with Crippen molar-refractivity contribution < 1.29 is 19.1 Å². The van der Waals surface area contributed by atoms with E-state index in [0.717, 1.165) is 16.7 Å². The van der Waals surface area contributed by atoms with Crippen molar-refractivity contribution in [3.8, 4) is 5.75 Å². The summed E-state index contributed by atoms with van der Waals surface area (Å²) in [5, 5.41) is 2.84. The van der Waals surface area contributed by atoms with Crippen LogP contribution in [-0.4, -0.2) is 30.0 Å². The Bertz CT molecular complexity index is 1120. The first-order valence-electron chi connectivity index (χ1n) is 11.6. The van der Waals surface area contributed by atoms with Crippen LogP contribution in [0.2, 0.25) is 0 Å². The molecule has 0 radical (unpaired) electrons. The monoisotopic (exact) mass is 458 g/mol. The van der Waals surface area contributed by atoms with Gasteiger partial charge in [0.2, 0.25) is 0 Å². The summed E-state index contributed by atoms with van der Waals surface area (Å²) < 4.78 is 11.0. The van der Waals surface area contributed by atoms with E-state index < -0.39 is 0 Å². The second-order valence-corrected chi connectivity index (χ2v) is 8.36. The van der Waals surface area contributed by atoms with Crippen LogP contribution in [-0.2, 0) is 20.9 Å². The Balaban J connectivity index is 1.75. The molecule has 1 aliphatic heterocycles. The van der Waals surface area contributed by atoms with Crippen molar-refractivity contribution in [2.24, 2.45) is 0 Å². The molecule has 0 bridgehead atoms. The third-order valence-corrected chi connectivity index (χ3v) is 6.08. The normalized spacial score (nSPS) is 14.5. The van der Waals surface area contributed by atoms with Crippen LogP contribution >= 0.6 is 0 Å². The Labute approximate surface area is 200 Å². The maximum atomic E-state index is 12.7. The minimum atomic E-state index is -0.263. The second kappa shape index (κ2) is 11.0. The number of benzene rings is 3. The predicted molar refractivity (Wildman–Crippen MR) is 131 cm³/mol. The molecule has 4 rings (SSSR count). The highest BCUT2D eigenvalue weighted by Gasteiger charge is 2.30. The number of nitrogens with zero attached hydrogens (tertiary/aromatic N) is 1. The van der Waals surface area contributed by atoms with Gasteiger partial charge in [0.1, 0.15) is 5.75 Å². The predicted octanol–water partition coefficient (Wildman–Crippen LogP) is 5.28. The summed E-state index contributed by atoms with van der Waals surface area (Å²) in [7, 11) is 0. The number of esters is 1. The lowest BCUT2D eigenvalue weighted by molar-refractivity contribution is -0.145. The molecule has 1 unspecified atom stereocenters. The van der Waals surface area contributed by atoms with Gasteiger partial charge in [-0.05, 0) is 42.7 Å². The van der Waals surface area contributed by atoms with Crippen LogP contribution in [0, 0.1) is 0 Å². The van der Waals surface area contributed by atoms with Gasteiger partial charge in [0.15, 0.2) is 6.61 Å². The Morgan fingerprint density at radius 1 is 1.03 bits per heavy atom. The maximum absolute atomic E-state index is 12.7. The lowest BCUT2D eigenvalue weighted by Crippen LogP contribution is -2.33. The SMILES string of the molecule is CCOC(=O)C[C@@H](c1ccc2c(c1)OCC(=O)N2)N(Cc1ccccc1)C(C)c1ccccc1. The van der Waals surface area contributed by atoms with Crippen LogP contribution in [0.15, 0.2) is 78.9 Å². The summed E-state index contributed by atoms with van der Waals surface area (Å²) in [6.45, 7) is 4.93. The summed E-state index contributed by atoms with van der Waals surface area (Å²) in [6.07, 6.45) is 0.197. The highest BCUT2D eigenvalue weighted by Crippen LogP contribution is 2.38. The van der Waals surface area contributed by atoms with Crippen LogP contribution < -0.4 is 10.1 Å². The average Bonchev–Trinajstić information content (AvgIpc) is 2.87. The van der Waals surface area contributed by atoms with Gasteiger partial charge in [-0.25, -0.2) is 0 Å². The van der Waals surface area contributed by atoms with Gasteiger partial charge in [0, 0.05) is 18.6 Å². The number of hydrogen-bond donors (Lipinski definition) is 1. The summed E-state index contributed by atoms with van der Waals surface area (Å²) in [4.78, 5) is 26.8. The number of carbonyl (C=O) groups excluding carboxylic acids is 2. The van der Waals surface area contributed by atoms with Crippen LogP contribution in [0.1, 0.15) is 49.0 Å². The molecule has 3 aromatic carbocycles. The molecule has 6 nitrogen and oxygen atoms in total. The van der Waals surface area contributed by atoms with Crippen molar-refractivity contribution >= 4 is 17.6 Å². The van der Waals surface area contributed by atoms with Crippen molar-refractivity contribution in [1.29, 1.82) is 0 Å². The molecule has 0 aromatic heterocycles. The number of ether oxygens (including phenoxy) is 2. The second-order valence-electron chi connectivity index (χ2n) is 8.36. The molecule has 0 saturated carbocycles. The zero-order chi connectivity index (χ0) is 23.9. The average molecular weight is 459 g/mol. The highest BCUT2D eigenvalue weighted by atomic mass is 16.5. The van der Waals surface area contributed by atoms with E-state index in [4.69, 9.17) is 9.47 Å². The van der Waals surface area contributed by atoms with E-state index >= 15 is 0 Å². The first-order valence-corrected chi connectivity index (χ1v) is 11.6. The molecule has 1 N–H and O–H groups in total. The highest BCUT2D eigenvalue weighted by molar-refractivity contribution is 5.95.